The van der Waals surface area contributed by atoms with Crippen molar-refractivity contribution in [2.24, 2.45) is 12.8 Å². The van der Waals surface area contributed by atoms with Crippen LogP contribution in [0.4, 0.5) is 0 Å². The van der Waals surface area contributed by atoms with Gasteiger partial charge < -0.3 is 10.7 Å². The van der Waals surface area contributed by atoms with Gasteiger partial charge in [-0.3, -0.25) is 4.68 Å². The maximum Gasteiger partial charge on any atom is 0.0841 e. The van der Waals surface area contributed by atoms with Crippen LogP contribution in [0.5, 0.6) is 0 Å². The molecule has 3 N–H and O–H groups in total. The molecular formula is C10H14N4. The van der Waals surface area contributed by atoms with Gasteiger partial charge in [0, 0.05) is 42.8 Å². The van der Waals surface area contributed by atoms with Gasteiger partial charge in [-0.05, 0) is 13.0 Å². The van der Waals surface area contributed by atoms with Crippen molar-refractivity contribution in [2.75, 3.05) is 0 Å². The molecule has 0 aliphatic rings. The van der Waals surface area contributed by atoms with Crippen LogP contribution in [0.15, 0.2) is 18.5 Å². The van der Waals surface area contributed by atoms with Crippen molar-refractivity contribution in [1.29, 1.82) is 0 Å². The van der Waals surface area contributed by atoms with Gasteiger partial charge in [0.15, 0.2) is 0 Å². The minimum Gasteiger partial charge on any atom is -0.367 e. The molecule has 0 aromatic carbocycles. The molecule has 2 aromatic rings. The molecule has 0 spiro atoms. The summed E-state index contributed by atoms with van der Waals surface area (Å²) in [6.45, 7) is 2.52. The van der Waals surface area contributed by atoms with Gasteiger partial charge in [0.2, 0.25) is 0 Å². The summed E-state index contributed by atoms with van der Waals surface area (Å²) in [6, 6.07) is 2.03. The van der Waals surface area contributed by atoms with Crippen molar-refractivity contribution in [3.63, 3.8) is 0 Å². The van der Waals surface area contributed by atoms with E-state index in [1.165, 1.54) is 0 Å². The molecule has 14 heavy (non-hydrogen) atoms. The minimum atomic E-state index is 0.474. The Kier molecular flexibility index (Phi) is 2.13. The third-order valence-electron chi connectivity index (χ3n) is 2.49. The second kappa shape index (κ2) is 3.31. The van der Waals surface area contributed by atoms with Crippen LogP contribution in [-0.2, 0) is 13.6 Å². The van der Waals surface area contributed by atoms with Crippen molar-refractivity contribution in [2.45, 2.75) is 13.5 Å². The van der Waals surface area contributed by atoms with E-state index < -0.39 is 0 Å². The lowest BCUT2D eigenvalue weighted by molar-refractivity contribution is 0.721. The summed E-state index contributed by atoms with van der Waals surface area (Å²) in [5.41, 5.74) is 10.0. The van der Waals surface area contributed by atoms with E-state index in [1.807, 2.05) is 30.2 Å². The average molecular weight is 190 g/mol. The van der Waals surface area contributed by atoms with E-state index >= 15 is 0 Å². The fraction of sp³-hybridized carbons (Fsp3) is 0.300. The zero-order valence-electron chi connectivity index (χ0n) is 8.41. The fourth-order valence-electron chi connectivity index (χ4n) is 1.67. The van der Waals surface area contributed by atoms with E-state index in [-0.39, 0.29) is 0 Å². The number of rotatable bonds is 2. The molecule has 4 heteroatoms. The van der Waals surface area contributed by atoms with Gasteiger partial charge in [0.1, 0.15) is 0 Å². The maximum absolute atomic E-state index is 5.65. The molecule has 0 saturated heterocycles. The largest absolute Gasteiger partial charge is 0.367 e. The van der Waals surface area contributed by atoms with E-state index in [1.54, 1.807) is 0 Å². The van der Waals surface area contributed by atoms with E-state index in [0.717, 1.165) is 22.5 Å². The Morgan fingerprint density at radius 3 is 2.93 bits per heavy atom. The molecule has 0 saturated carbocycles. The standard InChI is InChI=1S/C10H14N4/c1-7-10(8-3-4-12-6-8)9(5-11)13-14(7)2/h3-4,6,12H,5,11H2,1-2H3. The predicted octanol–water partition coefficient (Wildman–Crippen LogP) is 1.18. The first-order valence-corrected chi connectivity index (χ1v) is 4.59. The molecule has 0 atom stereocenters. The Balaban J connectivity index is 2.61. The van der Waals surface area contributed by atoms with Gasteiger partial charge in [-0.1, -0.05) is 0 Å². The van der Waals surface area contributed by atoms with Crippen LogP contribution in [-0.4, -0.2) is 14.8 Å². The van der Waals surface area contributed by atoms with E-state index in [4.69, 9.17) is 5.73 Å². The molecule has 0 radical (unpaired) electrons. The van der Waals surface area contributed by atoms with Crippen LogP contribution >= 0.6 is 0 Å². The highest BCUT2D eigenvalue weighted by Crippen LogP contribution is 2.25. The molecule has 0 amide bonds. The second-order valence-electron chi connectivity index (χ2n) is 3.33. The van der Waals surface area contributed by atoms with E-state index in [9.17, 15) is 0 Å². The predicted molar refractivity (Wildman–Crippen MR) is 55.6 cm³/mol. The molecule has 74 valence electrons. The zero-order chi connectivity index (χ0) is 10.1. The molecule has 0 unspecified atom stereocenters. The highest BCUT2D eigenvalue weighted by molar-refractivity contribution is 5.68. The summed E-state index contributed by atoms with van der Waals surface area (Å²) in [7, 11) is 1.94. The maximum atomic E-state index is 5.65. The Morgan fingerprint density at radius 2 is 2.36 bits per heavy atom. The molecule has 2 aromatic heterocycles. The number of hydrogen-bond donors (Lipinski definition) is 2. The van der Waals surface area contributed by atoms with Crippen molar-refractivity contribution in [3.05, 3.63) is 29.8 Å². The normalized spacial score (nSPS) is 10.8. The van der Waals surface area contributed by atoms with Gasteiger partial charge >= 0.3 is 0 Å². The van der Waals surface area contributed by atoms with Gasteiger partial charge in [-0.25, -0.2) is 0 Å². The summed E-state index contributed by atoms with van der Waals surface area (Å²) < 4.78 is 1.87. The summed E-state index contributed by atoms with van der Waals surface area (Å²) in [6.07, 6.45) is 3.87. The minimum absolute atomic E-state index is 0.474. The lowest BCUT2D eigenvalue weighted by atomic mass is 10.1. The molecule has 4 nitrogen and oxygen atoms in total. The number of nitrogens with zero attached hydrogens (tertiary/aromatic N) is 2. The molecule has 0 bridgehead atoms. The Bertz CT molecular complexity index is 425. The average Bonchev–Trinajstić information content (AvgIpc) is 2.76. The highest BCUT2D eigenvalue weighted by atomic mass is 15.3. The molecule has 2 rings (SSSR count). The van der Waals surface area contributed by atoms with E-state index in [0.29, 0.717) is 6.54 Å². The Morgan fingerprint density at radius 1 is 1.57 bits per heavy atom. The van der Waals surface area contributed by atoms with Crippen LogP contribution in [0.25, 0.3) is 11.1 Å². The lowest BCUT2D eigenvalue weighted by Gasteiger charge is -1.98. The Labute approximate surface area is 82.7 Å². The summed E-state index contributed by atoms with van der Waals surface area (Å²) >= 11 is 0. The summed E-state index contributed by atoms with van der Waals surface area (Å²) in [5.74, 6) is 0. The third-order valence-corrected chi connectivity index (χ3v) is 2.49. The first-order valence-electron chi connectivity index (χ1n) is 4.59. The molecule has 0 aliphatic carbocycles. The number of H-pyrrole nitrogens is 1. The number of hydrogen-bond acceptors (Lipinski definition) is 2. The van der Waals surface area contributed by atoms with E-state index in [2.05, 4.69) is 17.0 Å². The number of nitrogens with one attached hydrogen (secondary N) is 1. The topological polar surface area (TPSA) is 59.6 Å². The van der Waals surface area contributed by atoms with Gasteiger partial charge in [0.05, 0.1) is 5.69 Å². The first kappa shape index (κ1) is 9.02. The van der Waals surface area contributed by atoms with Crippen molar-refractivity contribution >= 4 is 0 Å². The fourth-order valence-corrected chi connectivity index (χ4v) is 1.67. The number of nitrogens with two attached hydrogens (primary N) is 1. The van der Waals surface area contributed by atoms with Crippen LogP contribution in [0, 0.1) is 6.92 Å². The summed E-state index contributed by atoms with van der Waals surface area (Å²) in [4.78, 5) is 3.04. The zero-order valence-corrected chi connectivity index (χ0v) is 8.41. The monoisotopic (exact) mass is 190 g/mol. The van der Waals surface area contributed by atoms with Gasteiger partial charge in [-0.2, -0.15) is 5.10 Å². The molecule has 0 aliphatic heterocycles. The smallest absolute Gasteiger partial charge is 0.0841 e. The van der Waals surface area contributed by atoms with Gasteiger partial charge in [-0.15, -0.1) is 0 Å². The molecule has 2 heterocycles. The lowest BCUT2D eigenvalue weighted by Crippen LogP contribution is -1.99. The molecule has 0 fully saturated rings. The quantitative estimate of drug-likeness (QED) is 0.747. The van der Waals surface area contributed by atoms with Gasteiger partial charge in [0.25, 0.3) is 0 Å². The van der Waals surface area contributed by atoms with Crippen LogP contribution in [0.1, 0.15) is 11.4 Å². The van der Waals surface area contributed by atoms with Crippen molar-refractivity contribution in [3.8, 4) is 11.1 Å². The van der Waals surface area contributed by atoms with Crippen LogP contribution < -0.4 is 5.73 Å². The number of aromatic nitrogens is 3. The number of aromatic amines is 1. The third kappa shape index (κ3) is 1.24. The Hall–Kier alpha value is -1.55. The van der Waals surface area contributed by atoms with Crippen molar-refractivity contribution < 1.29 is 0 Å². The highest BCUT2D eigenvalue weighted by Gasteiger charge is 2.13. The van der Waals surface area contributed by atoms with Crippen LogP contribution in [0.3, 0.4) is 0 Å². The van der Waals surface area contributed by atoms with Crippen molar-refractivity contribution in [1.82, 2.24) is 14.8 Å². The first-order chi connectivity index (χ1) is 6.74. The number of aryl methyl sites for hydroxylation is 1. The summed E-state index contributed by atoms with van der Waals surface area (Å²) in [5, 5.41) is 4.36. The second-order valence-corrected chi connectivity index (χ2v) is 3.33. The van der Waals surface area contributed by atoms with Crippen LogP contribution in [0.2, 0.25) is 0 Å². The SMILES string of the molecule is Cc1c(-c2cc[nH]c2)c(CN)nn1C. The molecular weight excluding hydrogens is 176 g/mol.